The van der Waals surface area contributed by atoms with Gasteiger partial charge in [-0.2, -0.15) is 0 Å². The second-order valence-electron chi connectivity index (χ2n) is 22.0. The first-order chi connectivity index (χ1) is 41.6. The highest BCUT2D eigenvalue weighted by Gasteiger charge is 2.39. The van der Waals surface area contributed by atoms with E-state index in [0.29, 0.717) is 0 Å². The van der Waals surface area contributed by atoms with Crippen molar-refractivity contribution >= 4 is 55.7 Å². The third-order valence-electron chi connectivity index (χ3n) is 17.0. The minimum Gasteiger partial charge on any atom is -0.310 e. The maximum absolute atomic E-state index is 2.48. The summed E-state index contributed by atoms with van der Waals surface area (Å²) in [5.41, 5.74) is 28.5. The molecular formula is C82H58N2. The zero-order valence-corrected chi connectivity index (χ0v) is 46.9. The molecule has 0 aromatic heterocycles. The highest BCUT2D eigenvalue weighted by molar-refractivity contribution is 6.33. The van der Waals surface area contributed by atoms with Crippen LogP contribution in [0.3, 0.4) is 0 Å². The zero-order valence-electron chi connectivity index (χ0n) is 46.9. The quantitative estimate of drug-likeness (QED) is 0.120. The average Bonchev–Trinajstić information content (AvgIpc) is 0.758. The molecule has 14 aromatic carbocycles. The van der Waals surface area contributed by atoms with Crippen LogP contribution < -0.4 is 9.80 Å². The first-order valence-corrected chi connectivity index (χ1v) is 29.1. The molecule has 0 atom stereocenters. The molecule has 0 unspecified atom stereocenters. The molecule has 0 aliphatic heterocycles. The number of hydrogen-bond acceptors (Lipinski definition) is 2. The Morgan fingerprint density at radius 2 is 0.440 bits per heavy atom. The van der Waals surface area contributed by atoms with Gasteiger partial charge in [0.25, 0.3) is 0 Å². The molecule has 0 saturated carbocycles. The number of nitrogens with zero attached hydrogens (tertiary/aromatic N) is 2. The van der Waals surface area contributed by atoms with Crippen molar-refractivity contribution in [3.05, 3.63) is 327 Å². The standard InChI is InChI=1S/C82H58N2/c1-55-43-45-63(57-27-11-3-12-28-57)51-73(55)83(65-39-23-9-24-40-65)67-47-49-69-71(53-67)77(61-35-19-7-20-36-61)81-79(75(69)59-31-15-5-16-32-59)80-76(60-33-17-6-18-34-60)70-50-48-68(54-72(70)78(82(80)81)62-37-21-8-22-38-62)84(66-41-25-10-26-42-66)74-52-64(46-44-56(74)2)58-29-13-4-14-30-58/h3-54H,1-2H3. The van der Waals surface area contributed by atoms with E-state index in [9.17, 15) is 0 Å². The molecule has 1 aliphatic carbocycles. The van der Waals surface area contributed by atoms with Crippen LogP contribution in [-0.4, -0.2) is 0 Å². The molecule has 1 aliphatic rings. The number of para-hydroxylation sites is 2. The Labute approximate surface area is 492 Å². The van der Waals surface area contributed by atoms with Gasteiger partial charge in [-0.15, -0.1) is 0 Å². The molecule has 0 N–H and O–H groups in total. The van der Waals surface area contributed by atoms with E-state index in [-0.39, 0.29) is 0 Å². The first kappa shape index (κ1) is 50.2. The smallest absolute Gasteiger partial charge is 0.0496 e. The number of benzene rings is 14. The van der Waals surface area contributed by atoms with Crippen molar-refractivity contribution in [2.75, 3.05) is 9.80 Å². The Balaban J connectivity index is 1.07. The van der Waals surface area contributed by atoms with Crippen molar-refractivity contribution in [3.8, 4) is 89.0 Å². The van der Waals surface area contributed by atoms with Crippen molar-refractivity contribution in [2.45, 2.75) is 13.8 Å². The predicted octanol–water partition coefficient (Wildman–Crippen LogP) is 23.2. The summed E-state index contributed by atoms with van der Waals surface area (Å²) in [7, 11) is 0. The molecule has 84 heavy (non-hydrogen) atoms. The number of hydrogen-bond donors (Lipinski definition) is 0. The second kappa shape index (κ2) is 21.3. The van der Waals surface area contributed by atoms with E-state index in [2.05, 4.69) is 339 Å². The topological polar surface area (TPSA) is 6.48 Å². The lowest BCUT2D eigenvalue weighted by Gasteiger charge is -2.38. The molecule has 396 valence electrons. The fraction of sp³-hybridized carbons (Fsp3) is 0.0244. The Kier molecular flexibility index (Phi) is 12.7. The molecule has 0 fully saturated rings. The lowest BCUT2D eigenvalue weighted by molar-refractivity contribution is 1.25. The Morgan fingerprint density at radius 1 is 0.179 bits per heavy atom. The fourth-order valence-electron chi connectivity index (χ4n) is 13.1. The van der Waals surface area contributed by atoms with Crippen LogP contribution >= 0.6 is 0 Å². The maximum atomic E-state index is 2.48. The second-order valence-corrected chi connectivity index (χ2v) is 22.0. The number of fused-ring (bicyclic) bond motifs is 6. The largest absolute Gasteiger partial charge is 0.310 e. The molecule has 2 nitrogen and oxygen atoms in total. The van der Waals surface area contributed by atoms with Crippen molar-refractivity contribution < 1.29 is 0 Å². The number of rotatable bonds is 12. The summed E-state index contributed by atoms with van der Waals surface area (Å²) in [6.45, 7) is 4.47. The number of anilines is 6. The summed E-state index contributed by atoms with van der Waals surface area (Å²) in [5, 5.41) is 4.80. The highest BCUT2D eigenvalue weighted by Crippen LogP contribution is 2.66. The molecule has 0 spiro atoms. The van der Waals surface area contributed by atoms with Gasteiger partial charge in [0.2, 0.25) is 0 Å². The van der Waals surface area contributed by atoms with Crippen molar-refractivity contribution in [2.24, 2.45) is 0 Å². The fourth-order valence-corrected chi connectivity index (χ4v) is 13.1. The van der Waals surface area contributed by atoms with Gasteiger partial charge < -0.3 is 9.80 Å². The van der Waals surface area contributed by atoms with Crippen LogP contribution in [0, 0.1) is 13.8 Å². The molecule has 2 heteroatoms. The molecular weight excluding hydrogens is 1010 g/mol. The van der Waals surface area contributed by atoms with Crippen LogP contribution in [0.5, 0.6) is 0 Å². The summed E-state index contributed by atoms with van der Waals surface area (Å²) in [4.78, 5) is 4.92. The molecule has 0 saturated heterocycles. The summed E-state index contributed by atoms with van der Waals surface area (Å²) < 4.78 is 0. The van der Waals surface area contributed by atoms with Gasteiger partial charge in [0.15, 0.2) is 0 Å². The van der Waals surface area contributed by atoms with Gasteiger partial charge in [0.1, 0.15) is 0 Å². The Hall–Kier alpha value is -10.8. The van der Waals surface area contributed by atoms with Gasteiger partial charge in [-0.05, 0) is 196 Å². The van der Waals surface area contributed by atoms with Crippen molar-refractivity contribution in [3.63, 3.8) is 0 Å². The van der Waals surface area contributed by atoms with Crippen LogP contribution in [0.1, 0.15) is 11.1 Å². The van der Waals surface area contributed by atoms with E-state index in [4.69, 9.17) is 0 Å². The van der Waals surface area contributed by atoms with Crippen LogP contribution in [-0.2, 0) is 0 Å². The molecule has 0 heterocycles. The van der Waals surface area contributed by atoms with Gasteiger partial charge in [-0.1, -0.05) is 255 Å². The maximum Gasteiger partial charge on any atom is 0.0496 e. The normalized spacial score (nSPS) is 11.5. The minimum absolute atomic E-state index is 1.08. The number of aryl methyl sites for hydroxylation is 2. The van der Waals surface area contributed by atoms with Crippen LogP contribution in [0.2, 0.25) is 0 Å². The van der Waals surface area contributed by atoms with Gasteiger partial charge in [0, 0.05) is 34.1 Å². The van der Waals surface area contributed by atoms with E-state index in [1.54, 1.807) is 0 Å². The van der Waals surface area contributed by atoms with E-state index in [0.717, 1.165) is 34.1 Å². The SMILES string of the molecule is Cc1ccc(-c2ccccc2)cc1N(c1ccccc1)c1ccc2c(-c3ccccc3)c3c(c(-c4ccccc4)c2c1)-c1c-3c(-c2ccccc2)c2ccc(N(c3ccccc3)c3cc(-c4ccccc4)ccc3C)cc2c1-c1ccccc1. The first-order valence-electron chi connectivity index (χ1n) is 29.1. The van der Waals surface area contributed by atoms with Gasteiger partial charge in [0.05, 0.1) is 0 Å². The Bertz CT molecular complexity index is 4430. The minimum atomic E-state index is 1.08. The molecule has 0 amide bonds. The lowest BCUT2D eigenvalue weighted by atomic mass is 9.65. The lowest BCUT2D eigenvalue weighted by Crippen LogP contribution is -2.13. The monoisotopic (exact) mass is 1070 g/mol. The summed E-state index contributed by atoms with van der Waals surface area (Å²) in [5.74, 6) is 0. The molecule has 15 rings (SSSR count). The summed E-state index contributed by atoms with van der Waals surface area (Å²) in [6.07, 6.45) is 0. The van der Waals surface area contributed by atoms with Gasteiger partial charge in [-0.25, -0.2) is 0 Å². The van der Waals surface area contributed by atoms with Crippen LogP contribution in [0.25, 0.3) is 111 Å². The Morgan fingerprint density at radius 3 is 0.738 bits per heavy atom. The molecule has 0 radical (unpaired) electrons. The average molecular weight is 1070 g/mol. The zero-order chi connectivity index (χ0) is 56.1. The van der Waals surface area contributed by atoms with Crippen molar-refractivity contribution in [1.29, 1.82) is 0 Å². The van der Waals surface area contributed by atoms with E-state index >= 15 is 0 Å². The van der Waals surface area contributed by atoms with E-state index in [1.807, 2.05) is 0 Å². The molecule has 14 aromatic rings. The van der Waals surface area contributed by atoms with E-state index < -0.39 is 0 Å². The van der Waals surface area contributed by atoms with Crippen LogP contribution in [0.15, 0.2) is 315 Å². The molecule has 0 bridgehead atoms. The van der Waals surface area contributed by atoms with Gasteiger partial charge >= 0.3 is 0 Å². The summed E-state index contributed by atoms with van der Waals surface area (Å²) >= 11 is 0. The van der Waals surface area contributed by atoms with Crippen molar-refractivity contribution in [1.82, 2.24) is 0 Å². The third kappa shape index (κ3) is 8.67. The predicted molar refractivity (Wildman–Crippen MR) is 357 cm³/mol. The third-order valence-corrected chi connectivity index (χ3v) is 17.0. The van der Waals surface area contributed by atoms with Crippen LogP contribution in [0.4, 0.5) is 34.1 Å². The van der Waals surface area contributed by atoms with E-state index in [1.165, 1.54) is 122 Å². The highest BCUT2D eigenvalue weighted by atomic mass is 15.1. The van der Waals surface area contributed by atoms with Gasteiger partial charge in [-0.3, -0.25) is 0 Å². The summed E-state index contributed by atoms with van der Waals surface area (Å²) in [6, 6.07) is 116.